The molecule has 0 aromatic heterocycles. The number of carbonyl (C=O) groups is 1. The molecule has 0 aliphatic heterocycles. The van der Waals surface area contributed by atoms with Crippen LogP contribution in [0.3, 0.4) is 0 Å². The van der Waals surface area contributed by atoms with Crippen molar-refractivity contribution in [3.63, 3.8) is 0 Å². The second-order valence-corrected chi connectivity index (χ2v) is 4.50. The van der Waals surface area contributed by atoms with Gasteiger partial charge in [-0.1, -0.05) is 6.92 Å². The molecule has 0 unspecified atom stereocenters. The topological polar surface area (TPSA) is 49.3 Å². The lowest BCUT2D eigenvalue weighted by Gasteiger charge is -2.10. The Kier molecular flexibility index (Phi) is 4.49. The summed E-state index contributed by atoms with van der Waals surface area (Å²) >= 11 is 1.77. The first-order valence-electron chi connectivity index (χ1n) is 4.85. The second kappa shape index (κ2) is 5.66. The lowest BCUT2D eigenvalue weighted by atomic mass is 10.2. The van der Waals surface area contributed by atoms with Crippen LogP contribution in [-0.2, 0) is 4.79 Å². The molecular weight excluding hydrogens is 210 g/mol. The maximum atomic E-state index is 10.6. The summed E-state index contributed by atoms with van der Waals surface area (Å²) in [5, 5.41) is 11.6. The number of carboxylic acid groups (broad SMARTS) is 1. The number of aliphatic carboxylic acids is 1. The van der Waals surface area contributed by atoms with E-state index >= 15 is 0 Å². The lowest BCUT2D eigenvalue weighted by molar-refractivity contribution is -0.137. The molecule has 0 amide bonds. The third-order valence-corrected chi connectivity index (χ3v) is 2.81. The van der Waals surface area contributed by atoms with Crippen LogP contribution < -0.4 is 5.32 Å². The fraction of sp³-hybridized carbons (Fsp3) is 0.364. The number of carboxylic acids is 1. The first-order chi connectivity index (χ1) is 7.13. The molecule has 0 radical (unpaired) electrons. The quantitative estimate of drug-likeness (QED) is 0.756. The fourth-order valence-electron chi connectivity index (χ4n) is 1.13. The molecule has 3 nitrogen and oxygen atoms in total. The number of nitrogens with one attached hydrogen (secondary N) is 1. The smallest absolute Gasteiger partial charge is 0.325 e. The van der Waals surface area contributed by atoms with Crippen LogP contribution in [-0.4, -0.2) is 22.9 Å². The molecule has 0 heterocycles. The van der Waals surface area contributed by atoms with Crippen LogP contribution in [0.2, 0.25) is 0 Å². The number of rotatable bonds is 5. The van der Waals surface area contributed by atoms with Crippen LogP contribution in [0.5, 0.6) is 0 Å². The van der Waals surface area contributed by atoms with Crippen LogP contribution >= 0.6 is 11.8 Å². The van der Waals surface area contributed by atoms with Gasteiger partial charge in [0.25, 0.3) is 0 Å². The summed E-state index contributed by atoms with van der Waals surface area (Å²) in [4.78, 5) is 11.8. The van der Waals surface area contributed by atoms with E-state index in [2.05, 4.69) is 12.2 Å². The van der Waals surface area contributed by atoms with Crippen molar-refractivity contribution in [2.75, 3.05) is 11.1 Å². The maximum absolute atomic E-state index is 10.6. The second-order valence-electron chi connectivity index (χ2n) is 3.16. The largest absolute Gasteiger partial charge is 0.480 e. The van der Waals surface area contributed by atoms with Crippen molar-refractivity contribution >= 4 is 23.4 Å². The summed E-state index contributed by atoms with van der Waals surface area (Å²) in [6, 6.07) is 7.22. The summed E-state index contributed by atoms with van der Waals surface area (Å²) in [7, 11) is 0. The Morgan fingerprint density at radius 1 is 1.47 bits per heavy atom. The molecule has 1 rings (SSSR count). The van der Waals surface area contributed by atoms with Crippen molar-refractivity contribution in [3.8, 4) is 0 Å². The van der Waals surface area contributed by atoms with Crippen LogP contribution in [0.15, 0.2) is 29.2 Å². The van der Waals surface area contributed by atoms with Crippen molar-refractivity contribution < 1.29 is 9.90 Å². The van der Waals surface area contributed by atoms with Gasteiger partial charge < -0.3 is 10.4 Å². The molecule has 1 aromatic rings. The molecule has 0 aliphatic carbocycles. The SMILES string of the molecule is CCSc1ccc(N[C@@H](C)C(=O)O)cc1. The Morgan fingerprint density at radius 3 is 2.53 bits per heavy atom. The molecule has 2 N–H and O–H groups in total. The minimum atomic E-state index is -0.845. The molecule has 0 bridgehead atoms. The summed E-state index contributed by atoms with van der Waals surface area (Å²) in [6.07, 6.45) is 0. The van der Waals surface area contributed by atoms with Crippen molar-refractivity contribution in [3.05, 3.63) is 24.3 Å². The standard InChI is InChI=1S/C11H15NO2S/c1-3-15-10-6-4-9(5-7-10)12-8(2)11(13)14/h4-8,12H,3H2,1-2H3,(H,13,14)/t8-/m0/s1. The van der Waals surface area contributed by atoms with Gasteiger partial charge in [0.05, 0.1) is 0 Å². The number of anilines is 1. The zero-order valence-corrected chi connectivity index (χ0v) is 9.67. The van der Waals surface area contributed by atoms with Crippen LogP contribution in [0.4, 0.5) is 5.69 Å². The van der Waals surface area contributed by atoms with E-state index in [9.17, 15) is 4.79 Å². The normalized spacial score (nSPS) is 12.1. The highest BCUT2D eigenvalue weighted by Gasteiger charge is 2.09. The van der Waals surface area contributed by atoms with Crippen LogP contribution in [0.25, 0.3) is 0 Å². The molecule has 1 atom stereocenters. The fourth-order valence-corrected chi connectivity index (χ4v) is 1.79. The Labute approximate surface area is 93.9 Å². The average Bonchev–Trinajstić information content (AvgIpc) is 2.21. The van der Waals surface area contributed by atoms with Crippen LogP contribution in [0.1, 0.15) is 13.8 Å². The minimum absolute atomic E-state index is 0.560. The van der Waals surface area contributed by atoms with E-state index in [1.54, 1.807) is 18.7 Å². The Bertz CT molecular complexity index is 324. The van der Waals surface area contributed by atoms with Crippen LogP contribution in [0, 0.1) is 0 Å². The average molecular weight is 225 g/mol. The summed E-state index contributed by atoms with van der Waals surface area (Å²) in [6.45, 7) is 3.72. The molecule has 0 spiro atoms. The predicted octanol–water partition coefficient (Wildman–Crippen LogP) is 2.68. The highest BCUT2D eigenvalue weighted by Crippen LogP contribution is 2.20. The third-order valence-electron chi connectivity index (χ3n) is 1.92. The Morgan fingerprint density at radius 2 is 2.07 bits per heavy atom. The molecule has 0 saturated carbocycles. The number of hydrogen-bond donors (Lipinski definition) is 2. The monoisotopic (exact) mass is 225 g/mol. The van der Waals surface area contributed by atoms with Gasteiger partial charge in [-0.3, -0.25) is 4.79 Å². The van der Waals surface area contributed by atoms with Gasteiger partial charge in [-0.15, -0.1) is 11.8 Å². The lowest BCUT2D eigenvalue weighted by Crippen LogP contribution is -2.25. The van der Waals surface area contributed by atoms with Gasteiger partial charge in [-0.2, -0.15) is 0 Å². The molecular formula is C11H15NO2S. The first-order valence-corrected chi connectivity index (χ1v) is 5.84. The van der Waals surface area contributed by atoms with Gasteiger partial charge in [0.2, 0.25) is 0 Å². The number of benzene rings is 1. The molecule has 82 valence electrons. The van der Waals surface area contributed by atoms with E-state index in [1.807, 2.05) is 24.3 Å². The Hall–Kier alpha value is -1.16. The van der Waals surface area contributed by atoms with E-state index < -0.39 is 12.0 Å². The van der Waals surface area contributed by atoms with Gasteiger partial charge in [0, 0.05) is 10.6 Å². The van der Waals surface area contributed by atoms with E-state index in [4.69, 9.17) is 5.11 Å². The molecule has 0 aliphatic rings. The van der Waals surface area contributed by atoms with Gasteiger partial charge in [-0.05, 0) is 36.9 Å². The first kappa shape index (κ1) is 11.9. The van der Waals surface area contributed by atoms with Crippen molar-refractivity contribution in [2.24, 2.45) is 0 Å². The molecule has 0 fully saturated rings. The molecule has 4 heteroatoms. The van der Waals surface area contributed by atoms with Gasteiger partial charge in [-0.25, -0.2) is 0 Å². The molecule has 15 heavy (non-hydrogen) atoms. The summed E-state index contributed by atoms with van der Waals surface area (Å²) in [5.41, 5.74) is 0.838. The summed E-state index contributed by atoms with van der Waals surface area (Å²) in [5.74, 6) is 0.195. The zero-order valence-electron chi connectivity index (χ0n) is 8.86. The van der Waals surface area contributed by atoms with E-state index in [1.165, 1.54) is 4.90 Å². The molecule has 0 saturated heterocycles. The van der Waals surface area contributed by atoms with Gasteiger partial charge >= 0.3 is 5.97 Å². The van der Waals surface area contributed by atoms with Crippen molar-refractivity contribution in [2.45, 2.75) is 24.8 Å². The highest BCUT2D eigenvalue weighted by molar-refractivity contribution is 7.99. The highest BCUT2D eigenvalue weighted by atomic mass is 32.2. The van der Waals surface area contributed by atoms with Gasteiger partial charge in [0.15, 0.2) is 0 Å². The molecule has 1 aromatic carbocycles. The van der Waals surface area contributed by atoms with Gasteiger partial charge in [0.1, 0.15) is 6.04 Å². The Balaban J connectivity index is 2.60. The minimum Gasteiger partial charge on any atom is -0.480 e. The number of thioether (sulfide) groups is 1. The number of hydrogen-bond acceptors (Lipinski definition) is 3. The van der Waals surface area contributed by atoms with Crippen molar-refractivity contribution in [1.29, 1.82) is 0 Å². The van der Waals surface area contributed by atoms with E-state index in [0.29, 0.717) is 0 Å². The van der Waals surface area contributed by atoms with E-state index in [-0.39, 0.29) is 0 Å². The predicted molar refractivity (Wildman–Crippen MR) is 63.6 cm³/mol. The third kappa shape index (κ3) is 3.83. The van der Waals surface area contributed by atoms with E-state index in [0.717, 1.165) is 11.4 Å². The zero-order chi connectivity index (χ0) is 11.3. The maximum Gasteiger partial charge on any atom is 0.325 e. The van der Waals surface area contributed by atoms with Crippen molar-refractivity contribution in [1.82, 2.24) is 0 Å². The summed E-state index contributed by atoms with van der Waals surface area (Å²) < 4.78 is 0.